The molecule has 1 aromatic rings. The second-order valence-electron chi connectivity index (χ2n) is 11.3. The predicted octanol–water partition coefficient (Wildman–Crippen LogP) is 4.41. The lowest BCUT2D eigenvalue weighted by atomic mass is 9.92. The van der Waals surface area contributed by atoms with Gasteiger partial charge in [0.25, 0.3) is 0 Å². The minimum Gasteiger partial charge on any atom is -0.444 e. The Morgan fingerprint density at radius 3 is 2.11 bits per heavy atom. The first kappa shape index (κ1) is 31.4. The van der Waals surface area contributed by atoms with Crippen LogP contribution in [0.1, 0.15) is 91.0 Å². The number of amides is 3. The maximum Gasteiger partial charge on any atom is 0.408 e. The van der Waals surface area contributed by atoms with Crippen molar-refractivity contribution < 1.29 is 24.2 Å². The molecule has 36 heavy (non-hydrogen) atoms. The van der Waals surface area contributed by atoms with Gasteiger partial charge in [0.1, 0.15) is 17.7 Å². The number of aryl methyl sites for hydroxylation is 1. The van der Waals surface area contributed by atoms with E-state index in [4.69, 9.17) is 4.74 Å². The fraction of sp³-hybridized carbons (Fsp3) is 0.679. The molecule has 0 aliphatic rings. The molecule has 3 N–H and O–H groups in total. The van der Waals surface area contributed by atoms with Crippen LogP contribution in [0.2, 0.25) is 0 Å². The molecule has 1 aromatic carbocycles. The molecule has 204 valence electrons. The summed E-state index contributed by atoms with van der Waals surface area (Å²) < 4.78 is 5.31. The molecule has 3 unspecified atom stereocenters. The summed E-state index contributed by atoms with van der Waals surface area (Å²) >= 11 is 0. The van der Waals surface area contributed by atoms with E-state index in [1.807, 2.05) is 52.8 Å². The summed E-state index contributed by atoms with van der Waals surface area (Å²) in [7, 11) is 0. The van der Waals surface area contributed by atoms with E-state index in [2.05, 4.69) is 24.5 Å². The predicted molar refractivity (Wildman–Crippen MR) is 143 cm³/mol. The van der Waals surface area contributed by atoms with Crippen molar-refractivity contribution >= 4 is 17.9 Å². The maximum atomic E-state index is 14.0. The van der Waals surface area contributed by atoms with Crippen molar-refractivity contribution in [3.05, 3.63) is 34.9 Å². The number of carbonyl (C=O) groups is 3. The quantitative estimate of drug-likeness (QED) is 0.413. The molecule has 3 atom stereocenters. The zero-order valence-corrected chi connectivity index (χ0v) is 23.8. The van der Waals surface area contributed by atoms with Crippen LogP contribution in [0.25, 0.3) is 0 Å². The Morgan fingerprint density at radius 1 is 1.00 bits per heavy atom. The highest BCUT2D eigenvalue weighted by atomic mass is 16.6. The molecule has 8 nitrogen and oxygen atoms in total. The van der Waals surface area contributed by atoms with Gasteiger partial charge in [-0.1, -0.05) is 32.0 Å². The number of benzene rings is 1. The zero-order valence-electron chi connectivity index (χ0n) is 23.8. The van der Waals surface area contributed by atoms with Gasteiger partial charge in [0.2, 0.25) is 11.8 Å². The van der Waals surface area contributed by atoms with Crippen LogP contribution in [0.4, 0.5) is 4.79 Å². The number of aliphatic hydroxyl groups is 1. The molecular weight excluding hydrogens is 458 g/mol. The Morgan fingerprint density at radius 2 is 1.61 bits per heavy atom. The molecule has 3 amide bonds. The largest absolute Gasteiger partial charge is 0.444 e. The molecule has 0 radical (unpaired) electrons. The van der Waals surface area contributed by atoms with Crippen LogP contribution in [0.5, 0.6) is 0 Å². The fourth-order valence-corrected chi connectivity index (χ4v) is 3.98. The first-order chi connectivity index (χ1) is 16.6. The van der Waals surface area contributed by atoms with Crippen LogP contribution in [0, 0.1) is 19.8 Å². The number of hydrogen-bond donors (Lipinski definition) is 3. The summed E-state index contributed by atoms with van der Waals surface area (Å²) in [4.78, 5) is 41.6. The Balaban J connectivity index is 3.60. The van der Waals surface area contributed by atoms with Crippen LogP contribution >= 0.6 is 0 Å². The lowest BCUT2D eigenvalue weighted by Crippen LogP contribution is -2.57. The first-order valence-electron chi connectivity index (χ1n) is 12.9. The summed E-state index contributed by atoms with van der Waals surface area (Å²) in [6, 6.07) is 3.02. The summed E-state index contributed by atoms with van der Waals surface area (Å²) in [6.07, 6.45) is 0.698. The lowest BCUT2D eigenvalue weighted by molar-refractivity contribution is -0.146. The van der Waals surface area contributed by atoms with Gasteiger partial charge in [-0.05, 0) is 90.8 Å². The number of alkyl carbamates (subject to hydrolysis) is 1. The van der Waals surface area contributed by atoms with Crippen LogP contribution < -0.4 is 10.6 Å². The molecular formula is C28H47N3O5. The molecule has 0 spiro atoms. The highest BCUT2D eigenvalue weighted by Crippen LogP contribution is 2.30. The fourth-order valence-electron chi connectivity index (χ4n) is 3.98. The van der Waals surface area contributed by atoms with Gasteiger partial charge in [-0.3, -0.25) is 9.59 Å². The molecule has 0 aliphatic heterocycles. The number of aliphatic hydroxyl groups excluding tert-OH is 1. The number of nitrogens with one attached hydrogen (secondary N) is 2. The molecule has 0 aliphatic carbocycles. The van der Waals surface area contributed by atoms with E-state index in [9.17, 15) is 19.5 Å². The van der Waals surface area contributed by atoms with Crippen molar-refractivity contribution in [3.63, 3.8) is 0 Å². The Labute approximate surface area is 217 Å². The standard InChI is InChI=1S/C28H47N3O5/c1-17(2)14-15-20(6)31(26(34)23(16-32)30-27(35)36-28(8,9)10)24(25(33)29-18(3)4)22-13-11-12-19(5)21(22)7/h11-13,17-18,20,23-24,32H,14-16H2,1-10H3,(H,29,33)(H,30,35). The zero-order chi connectivity index (χ0) is 27.8. The second-order valence-corrected chi connectivity index (χ2v) is 11.3. The molecule has 1 rings (SSSR count). The van der Waals surface area contributed by atoms with Gasteiger partial charge in [0.05, 0.1) is 6.61 Å². The van der Waals surface area contributed by atoms with Crippen molar-refractivity contribution in [2.45, 2.75) is 112 Å². The molecule has 0 heterocycles. The highest BCUT2D eigenvalue weighted by molar-refractivity contribution is 5.92. The topological polar surface area (TPSA) is 108 Å². The van der Waals surface area contributed by atoms with E-state index >= 15 is 0 Å². The smallest absolute Gasteiger partial charge is 0.408 e. The molecule has 0 bridgehead atoms. The molecule has 0 saturated carbocycles. The van der Waals surface area contributed by atoms with Crippen LogP contribution in [-0.4, -0.2) is 58.2 Å². The second kappa shape index (κ2) is 13.6. The maximum absolute atomic E-state index is 14.0. The van der Waals surface area contributed by atoms with Crippen LogP contribution in [0.3, 0.4) is 0 Å². The number of ether oxygens (including phenoxy) is 1. The third-order valence-electron chi connectivity index (χ3n) is 5.96. The van der Waals surface area contributed by atoms with Crippen molar-refractivity contribution in [1.29, 1.82) is 0 Å². The van der Waals surface area contributed by atoms with Crippen molar-refractivity contribution in [3.8, 4) is 0 Å². The van der Waals surface area contributed by atoms with Gasteiger partial charge in [-0.2, -0.15) is 0 Å². The molecule has 0 aromatic heterocycles. The molecule has 0 fully saturated rings. The van der Waals surface area contributed by atoms with Gasteiger partial charge in [-0.25, -0.2) is 4.79 Å². The van der Waals surface area contributed by atoms with Crippen molar-refractivity contribution in [1.82, 2.24) is 15.5 Å². The Bertz CT molecular complexity index is 892. The molecule has 8 heteroatoms. The van der Waals surface area contributed by atoms with Crippen molar-refractivity contribution in [2.75, 3.05) is 6.61 Å². The number of hydrogen-bond acceptors (Lipinski definition) is 5. The van der Waals surface area contributed by atoms with E-state index < -0.39 is 36.3 Å². The number of nitrogens with zero attached hydrogens (tertiary/aromatic N) is 1. The number of rotatable bonds is 11. The Hall–Kier alpha value is -2.61. The van der Waals surface area contributed by atoms with Gasteiger partial charge in [-0.15, -0.1) is 0 Å². The van der Waals surface area contributed by atoms with E-state index in [1.165, 1.54) is 4.90 Å². The van der Waals surface area contributed by atoms with Gasteiger partial charge < -0.3 is 25.4 Å². The third-order valence-corrected chi connectivity index (χ3v) is 5.96. The summed E-state index contributed by atoms with van der Waals surface area (Å²) in [6.45, 7) is 18.3. The number of carbonyl (C=O) groups excluding carboxylic acids is 3. The van der Waals surface area contributed by atoms with E-state index in [-0.39, 0.29) is 18.0 Å². The monoisotopic (exact) mass is 505 g/mol. The molecule has 0 saturated heterocycles. The minimum absolute atomic E-state index is 0.137. The van der Waals surface area contributed by atoms with Gasteiger partial charge >= 0.3 is 6.09 Å². The van der Waals surface area contributed by atoms with Gasteiger partial charge in [0.15, 0.2) is 0 Å². The van der Waals surface area contributed by atoms with Crippen LogP contribution in [-0.2, 0) is 14.3 Å². The van der Waals surface area contributed by atoms with E-state index in [0.717, 1.165) is 17.5 Å². The van der Waals surface area contributed by atoms with E-state index in [1.54, 1.807) is 20.8 Å². The average molecular weight is 506 g/mol. The summed E-state index contributed by atoms with van der Waals surface area (Å²) in [5.41, 5.74) is 1.86. The van der Waals surface area contributed by atoms with Crippen molar-refractivity contribution in [2.24, 2.45) is 5.92 Å². The summed E-state index contributed by atoms with van der Waals surface area (Å²) in [5, 5.41) is 15.6. The minimum atomic E-state index is -1.26. The highest BCUT2D eigenvalue weighted by Gasteiger charge is 2.39. The van der Waals surface area contributed by atoms with Crippen LogP contribution in [0.15, 0.2) is 18.2 Å². The average Bonchev–Trinajstić information content (AvgIpc) is 2.74. The lowest BCUT2D eigenvalue weighted by Gasteiger charge is -2.39. The van der Waals surface area contributed by atoms with Gasteiger partial charge in [0, 0.05) is 12.1 Å². The normalized spacial score (nSPS) is 14.2. The summed E-state index contributed by atoms with van der Waals surface area (Å²) in [5.74, 6) is -0.441. The van der Waals surface area contributed by atoms with E-state index in [0.29, 0.717) is 17.9 Å². The first-order valence-corrected chi connectivity index (χ1v) is 12.9. The third kappa shape index (κ3) is 9.45. The Kier molecular flexibility index (Phi) is 11.9. The SMILES string of the molecule is Cc1cccc(C(C(=O)NC(C)C)N(C(=O)C(CO)NC(=O)OC(C)(C)C)C(C)CCC(C)C)c1C.